The molecule has 1 heterocycles. The molecule has 0 saturated carbocycles. The molecule has 0 radical (unpaired) electrons. The molecule has 0 amide bonds. The Bertz CT molecular complexity index is 893. The number of nitrogens with two attached hydrogens (primary N) is 1. The van der Waals surface area contributed by atoms with Crippen molar-refractivity contribution in [3.8, 4) is 0 Å². The van der Waals surface area contributed by atoms with Gasteiger partial charge in [-0.1, -0.05) is 48.9 Å². The first-order chi connectivity index (χ1) is 14.0. The molecule has 2 aromatic rings. The van der Waals surface area contributed by atoms with Crippen LogP contribution in [0.5, 0.6) is 0 Å². The van der Waals surface area contributed by atoms with Crippen molar-refractivity contribution >= 4 is 21.5 Å². The predicted molar refractivity (Wildman–Crippen MR) is 117 cm³/mol. The highest BCUT2D eigenvalue weighted by atomic mass is 32.2. The fourth-order valence-electron chi connectivity index (χ4n) is 3.56. The Morgan fingerprint density at radius 2 is 1.62 bits per heavy atom. The number of rotatable bonds is 9. The van der Waals surface area contributed by atoms with Crippen molar-refractivity contribution < 1.29 is 13.2 Å². The Balaban J connectivity index is 1.78. The highest BCUT2D eigenvalue weighted by Gasteiger charge is 2.24. The molecule has 0 atom stereocenters. The number of Topliss-reactive ketones (excluding diaryl/α,β-unsaturated/α-hetero) is 1. The zero-order valence-corrected chi connectivity index (χ0v) is 17.5. The van der Waals surface area contributed by atoms with Gasteiger partial charge < -0.3 is 10.6 Å². The van der Waals surface area contributed by atoms with Crippen LogP contribution in [-0.4, -0.2) is 51.0 Å². The van der Waals surface area contributed by atoms with E-state index in [-0.39, 0.29) is 24.6 Å². The maximum absolute atomic E-state index is 13.2. The number of carbonyl (C=O) groups is 1. The van der Waals surface area contributed by atoms with Gasteiger partial charge in [0.1, 0.15) is 0 Å². The number of piperidine rings is 1. The number of anilines is 1. The minimum absolute atomic E-state index is 0.0413. The second-order valence-electron chi connectivity index (χ2n) is 7.38. The lowest BCUT2D eigenvalue weighted by Crippen LogP contribution is -2.39. The molecule has 3 rings (SSSR count). The summed E-state index contributed by atoms with van der Waals surface area (Å²) in [5.41, 5.74) is 7.42. The van der Waals surface area contributed by atoms with Crippen molar-refractivity contribution in [2.75, 3.05) is 36.2 Å². The van der Waals surface area contributed by atoms with E-state index >= 15 is 0 Å². The summed E-state index contributed by atoms with van der Waals surface area (Å²) in [6.45, 7) is 2.67. The molecule has 0 aliphatic carbocycles. The second-order valence-corrected chi connectivity index (χ2v) is 9.40. The van der Waals surface area contributed by atoms with Crippen LogP contribution in [0, 0.1) is 0 Å². The van der Waals surface area contributed by atoms with E-state index in [2.05, 4.69) is 4.90 Å². The van der Waals surface area contributed by atoms with Crippen LogP contribution in [-0.2, 0) is 16.6 Å². The molecule has 2 N–H and O–H groups in total. The van der Waals surface area contributed by atoms with Crippen LogP contribution in [0.2, 0.25) is 0 Å². The number of nitrogens with zero attached hydrogens (tertiary/aromatic N) is 2. The first kappa shape index (κ1) is 21.5. The summed E-state index contributed by atoms with van der Waals surface area (Å²) in [4.78, 5) is 14.0. The second kappa shape index (κ2) is 10.0. The highest BCUT2D eigenvalue weighted by Crippen LogP contribution is 2.22. The minimum atomic E-state index is -3.50. The van der Waals surface area contributed by atoms with Gasteiger partial charge in [-0.2, -0.15) is 0 Å². The fourth-order valence-corrected chi connectivity index (χ4v) is 5.06. The van der Waals surface area contributed by atoms with Crippen LogP contribution in [0.25, 0.3) is 0 Å². The molecule has 1 saturated heterocycles. The first-order valence-electron chi connectivity index (χ1n) is 10.1. The number of likely N-dealkylation sites (tertiary alicyclic amines) is 1. The van der Waals surface area contributed by atoms with E-state index in [1.807, 2.05) is 30.3 Å². The lowest BCUT2D eigenvalue weighted by atomic mass is 10.1. The molecule has 1 aliphatic rings. The number of hydrogen-bond donors (Lipinski definition) is 1. The Kier molecular flexibility index (Phi) is 7.41. The SMILES string of the molecule is NCC(=O)c1ccc(CN(c2ccccc2)S(=O)(=O)CCN2CCCCC2)cc1. The molecule has 0 bridgehead atoms. The molecule has 0 aromatic heterocycles. The van der Waals surface area contributed by atoms with E-state index in [0.717, 1.165) is 31.5 Å². The Hall–Kier alpha value is -2.22. The van der Waals surface area contributed by atoms with Crippen molar-refractivity contribution in [1.82, 2.24) is 4.90 Å². The van der Waals surface area contributed by atoms with Crippen LogP contribution in [0.15, 0.2) is 54.6 Å². The summed E-state index contributed by atoms with van der Waals surface area (Å²) < 4.78 is 27.9. The van der Waals surface area contributed by atoms with Gasteiger partial charge in [0.05, 0.1) is 24.5 Å². The van der Waals surface area contributed by atoms with Crippen molar-refractivity contribution in [2.45, 2.75) is 25.8 Å². The monoisotopic (exact) mass is 415 g/mol. The van der Waals surface area contributed by atoms with Gasteiger partial charge in [-0.3, -0.25) is 9.10 Å². The summed E-state index contributed by atoms with van der Waals surface area (Å²) in [6.07, 6.45) is 3.49. The number of hydrogen-bond acceptors (Lipinski definition) is 5. The van der Waals surface area contributed by atoms with E-state index in [4.69, 9.17) is 5.73 Å². The van der Waals surface area contributed by atoms with Crippen LogP contribution in [0.1, 0.15) is 35.2 Å². The van der Waals surface area contributed by atoms with E-state index in [9.17, 15) is 13.2 Å². The first-order valence-corrected chi connectivity index (χ1v) is 11.7. The third-order valence-corrected chi connectivity index (χ3v) is 6.99. The molecule has 0 unspecified atom stereocenters. The molecule has 29 heavy (non-hydrogen) atoms. The van der Waals surface area contributed by atoms with Gasteiger partial charge >= 0.3 is 0 Å². The van der Waals surface area contributed by atoms with Gasteiger partial charge in [0.15, 0.2) is 5.78 Å². The third kappa shape index (κ3) is 5.88. The Labute approximate surface area is 173 Å². The van der Waals surface area contributed by atoms with Crippen LogP contribution in [0.3, 0.4) is 0 Å². The molecule has 0 spiro atoms. The Morgan fingerprint density at radius 1 is 0.966 bits per heavy atom. The molecular formula is C22H29N3O3S. The molecule has 1 aliphatic heterocycles. The molecular weight excluding hydrogens is 386 g/mol. The predicted octanol–water partition coefficient (Wildman–Crippen LogP) is 2.65. The average molecular weight is 416 g/mol. The van der Waals surface area contributed by atoms with E-state index in [0.29, 0.717) is 17.8 Å². The van der Waals surface area contributed by atoms with Crippen LogP contribution >= 0.6 is 0 Å². The highest BCUT2D eigenvalue weighted by molar-refractivity contribution is 7.92. The number of sulfonamides is 1. The van der Waals surface area contributed by atoms with Gasteiger partial charge in [0.25, 0.3) is 0 Å². The smallest absolute Gasteiger partial charge is 0.236 e. The number of benzene rings is 2. The zero-order valence-electron chi connectivity index (χ0n) is 16.7. The standard InChI is InChI=1S/C22H29N3O3S/c23-17-22(26)20-11-9-19(10-12-20)18-25(21-7-3-1-4-8-21)29(27,28)16-15-24-13-5-2-6-14-24/h1,3-4,7-12H,2,5-6,13-18,23H2. The number of carbonyl (C=O) groups excluding carboxylic acids is 1. The normalized spacial score (nSPS) is 15.2. The summed E-state index contributed by atoms with van der Waals surface area (Å²) in [6, 6.07) is 16.2. The maximum atomic E-state index is 13.2. The summed E-state index contributed by atoms with van der Waals surface area (Å²) in [5, 5.41) is 0. The molecule has 2 aromatic carbocycles. The van der Waals surface area contributed by atoms with Gasteiger partial charge in [0.2, 0.25) is 10.0 Å². The van der Waals surface area contributed by atoms with Crippen molar-refractivity contribution in [1.29, 1.82) is 0 Å². The minimum Gasteiger partial charge on any atom is -0.324 e. The van der Waals surface area contributed by atoms with E-state index in [1.165, 1.54) is 10.7 Å². The maximum Gasteiger partial charge on any atom is 0.236 e. The van der Waals surface area contributed by atoms with E-state index < -0.39 is 10.0 Å². The van der Waals surface area contributed by atoms with Gasteiger partial charge in [-0.25, -0.2) is 8.42 Å². The van der Waals surface area contributed by atoms with Crippen LogP contribution < -0.4 is 10.0 Å². The van der Waals surface area contributed by atoms with Gasteiger partial charge in [-0.15, -0.1) is 0 Å². The number of para-hydroxylation sites is 1. The van der Waals surface area contributed by atoms with E-state index in [1.54, 1.807) is 24.3 Å². The lowest BCUT2D eigenvalue weighted by molar-refractivity contribution is 0.100. The number of ketones is 1. The van der Waals surface area contributed by atoms with Crippen molar-refractivity contribution in [3.63, 3.8) is 0 Å². The summed E-state index contributed by atoms with van der Waals surface area (Å²) in [5.74, 6) is -0.0448. The molecule has 7 heteroatoms. The zero-order chi connectivity index (χ0) is 20.7. The average Bonchev–Trinajstić information content (AvgIpc) is 2.77. The van der Waals surface area contributed by atoms with Crippen molar-refractivity contribution in [2.24, 2.45) is 5.73 Å². The lowest BCUT2D eigenvalue weighted by Gasteiger charge is -2.29. The summed E-state index contributed by atoms with van der Waals surface area (Å²) in [7, 11) is -3.50. The van der Waals surface area contributed by atoms with Crippen LogP contribution in [0.4, 0.5) is 5.69 Å². The van der Waals surface area contributed by atoms with Gasteiger partial charge in [0, 0.05) is 12.1 Å². The van der Waals surface area contributed by atoms with Gasteiger partial charge in [-0.05, 0) is 43.6 Å². The summed E-state index contributed by atoms with van der Waals surface area (Å²) >= 11 is 0. The van der Waals surface area contributed by atoms with Crippen molar-refractivity contribution in [3.05, 3.63) is 65.7 Å². The Morgan fingerprint density at radius 3 is 2.24 bits per heavy atom. The quantitative estimate of drug-likeness (QED) is 0.637. The fraction of sp³-hybridized carbons (Fsp3) is 0.409. The topological polar surface area (TPSA) is 83.7 Å². The molecule has 6 nitrogen and oxygen atoms in total. The molecule has 1 fully saturated rings. The molecule has 156 valence electrons. The largest absolute Gasteiger partial charge is 0.324 e. The third-order valence-electron chi connectivity index (χ3n) is 5.28.